The van der Waals surface area contributed by atoms with E-state index in [2.05, 4.69) is 10.6 Å². The third-order valence-corrected chi connectivity index (χ3v) is 8.65. The van der Waals surface area contributed by atoms with Crippen LogP contribution in [0.3, 0.4) is 0 Å². The number of amides is 3. The van der Waals surface area contributed by atoms with Crippen molar-refractivity contribution in [3.05, 3.63) is 59.7 Å². The van der Waals surface area contributed by atoms with Crippen LogP contribution in [0.25, 0.3) is 0 Å². The van der Waals surface area contributed by atoms with Crippen molar-refractivity contribution >= 4 is 17.7 Å². The lowest BCUT2D eigenvalue weighted by Crippen LogP contribution is -2.45. The second kappa shape index (κ2) is 16.6. The summed E-state index contributed by atoms with van der Waals surface area (Å²) in [5.74, 6) is 1.35. The summed E-state index contributed by atoms with van der Waals surface area (Å²) in [4.78, 5) is 43.6. The topological polar surface area (TPSA) is 109 Å². The van der Waals surface area contributed by atoms with Gasteiger partial charge in [0.25, 0.3) is 5.91 Å². The van der Waals surface area contributed by atoms with Crippen LogP contribution >= 0.6 is 0 Å². The average molecular weight is 623 g/mol. The van der Waals surface area contributed by atoms with E-state index in [4.69, 9.17) is 14.2 Å². The molecule has 2 N–H and O–H groups in total. The van der Waals surface area contributed by atoms with Gasteiger partial charge in [-0.1, -0.05) is 30.3 Å². The second-order valence-electron chi connectivity index (χ2n) is 12.4. The van der Waals surface area contributed by atoms with Crippen LogP contribution < -0.4 is 20.1 Å². The first-order valence-corrected chi connectivity index (χ1v) is 16.1. The number of benzene rings is 2. The Morgan fingerprint density at radius 3 is 2.29 bits per heavy atom. The molecule has 0 spiro atoms. The first-order chi connectivity index (χ1) is 21.7. The molecule has 45 heavy (non-hydrogen) atoms. The van der Waals surface area contributed by atoms with Crippen LogP contribution in [0.15, 0.2) is 48.5 Å². The van der Waals surface area contributed by atoms with E-state index in [1.54, 1.807) is 32.4 Å². The Morgan fingerprint density at radius 1 is 0.956 bits per heavy atom. The largest absolute Gasteiger partial charge is 0.493 e. The van der Waals surface area contributed by atoms with Gasteiger partial charge in [-0.15, -0.1) is 0 Å². The van der Waals surface area contributed by atoms with Gasteiger partial charge in [0.15, 0.2) is 11.5 Å². The lowest BCUT2D eigenvalue weighted by atomic mass is 9.93. The summed E-state index contributed by atoms with van der Waals surface area (Å²) in [6, 6.07) is 14.8. The van der Waals surface area contributed by atoms with Gasteiger partial charge in [0.05, 0.1) is 26.2 Å². The fraction of sp³-hybridized carbons (Fsp3) is 0.571. The molecule has 0 bridgehead atoms. The van der Waals surface area contributed by atoms with Crippen LogP contribution in [0, 0.1) is 11.8 Å². The Morgan fingerprint density at radius 2 is 1.67 bits per heavy atom. The molecule has 10 nitrogen and oxygen atoms in total. The molecule has 2 aromatic rings. The van der Waals surface area contributed by atoms with Gasteiger partial charge in [-0.25, -0.2) is 0 Å². The van der Waals surface area contributed by atoms with Crippen LogP contribution in [-0.2, 0) is 14.3 Å². The van der Waals surface area contributed by atoms with Gasteiger partial charge < -0.3 is 34.6 Å². The molecule has 2 aliphatic rings. The minimum atomic E-state index is -0.373. The minimum absolute atomic E-state index is 0.0163. The third-order valence-electron chi connectivity index (χ3n) is 8.65. The molecule has 2 fully saturated rings. The van der Waals surface area contributed by atoms with Gasteiger partial charge >= 0.3 is 0 Å². The van der Waals surface area contributed by atoms with Gasteiger partial charge in [-0.05, 0) is 62.3 Å². The Balaban J connectivity index is 1.44. The van der Waals surface area contributed by atoms with Crippen LogP contribution in [-0.4, -0.2) is 93.2 Å². The van der Waals surface area contributed by atoms with E-state index < -0.39 is 0 Å². The molecule has 1 saturated heterocycles. The first-order valence-electron chi connectivity index (χ1n) is 16.1. The average Bonchev–Trinajstić information content (AvgIpc) is 3.78. The summed E-state index contributed by atoms with van der Waals surface area (Å²) in [5, 5.41) is 6.49. The molecule has 0 aromatic heterocycles. The maximum absolute atomic E-state index is 13.9. The maximum atomic E-state index is 13.9. The van der Waals surface area contributed by atoms with E-state index in [0.29, 0.717) is 43.4 Å². The molecule has 246 valence electrons. The van der Waals surface area contributed by atoms with E-state index in [1.165, 1.54) is 6.92 Å². The molecule has 0 unspecified atom stereocenters. The van der Waals surface area contributed by atoms with Crippen LogP contribution in [0.5, 0.6) is 11.5 Å². The van der Waals surface area contributed by atoms with E-state index in [1.807, 2.05) is 54.0 Å². The number of methoxy groups -OCH3 is 2. The lowest BCUT2D eigenvalue weighted by Gasteiger charge is -2.34. The second-order valence-corrected chi connectivity index (χ2v) is 12.4. The molecule has 1 aliphatic carbocycles. The van der Waals surface area contributed by atoms with Crippen molar-refractivity contribution in [1.82, 2.24) is 20.4 Å². The fourth-order valence-electron chi connectivity index (χ4n) is 6.04. The van der Waals surface area contributed by atoms with Gasteiger partial charge in [0, 0.05) is 70.9 Å². The molecule has 3 amide bonds. The zero-order valence-corrected chi connectivity index (χ0v) is 27.4. The van der Waals surface area contributed by atoms with Crippen molar-refractivity contribution in [1.29, 1.82) is 0 Å². The summed E-state index contributed by atoms with van der Waals surface area (Å²) in [6.45, 7) is 9.38. The number of nitrogens with zero attached hydrogens (tertiary/aromatic N) is 2. The third kappa shape index (κ3) is 9.68. The highest BCUT2D eigenvalue weighted by Crippen LogP contribution is 2.33. The van der Waals surface area contributed by atoms with Gasteiger partial charge in [0.2, 0.25) is 11.8 Å². The predicted octanol–water partition coefficient (Wildman–Crippen LogP) is 4.06. The maximum Gasteiger partial charge on any atom is 0.254 e. The summed E-state index contributed by atoms with van der Waals surface area (Å²) in [7, 11) is 3.24. The normalized spacial score (nSPS) is 18.4. The molecule has 2 aromatic carbocycles. The minimum Gasteiger partial charge on any atom is -0.493 e. The Bertz CT molecular complexity index is 1270. The highest BCUT2D eigenvalue weighted by molar-refractivity contribution is 5.95. The number of rotatable bonds is 17. The summed E-state index contributed by atoms with van der Waals surface area (Å²) in [6.07, 6.45) is 2.94. The molecule has 4 rings (SSSR count). The van der Waals surface area contributed by atoms with Gasteiger partial charge in [0.1, 0.15) is 0 Å². The molecular formula is C35H50N4O6. The number of ether oxygens (including phenoxy) is 3. The van der Waals surface area contributed by atoms with Crippen molar-refractivity contribution in [2.24, 2.45) is 11.8 Å². The SMILES string of the molecule is COCCCOc1cc(C(=O)N(C[C@@H]2CNC[C@H]2CN(C(=O)C[C@H](NC(C)=O)c2ccccc2)C2CC2)C(C)C)ccc1OC. The standard InChI is InChI=1S/C35H50N4O6/c1-24(2)38(35(42)27-12-15-32(44-5)33(18-27)45-17-9-16-43-4)22-28-20-36-21-29(28)23-39(30-13-14-30)34(41)19-31(37-25(3)40)26-10-7-6-8-11-26/h6-8,10-12,15,18,24,28-31,36H,9,13-14,16-17,19-23H2,1-5H3,(H,37,40)/t28-,29-,31-/m0/s1. The Hall–Kier alpha value is -3.63. The fourth-order valence-corrected chi connectivity index (χ4v) is 6.04. The number of nitrogens with one attached hydrogen (secondary N) is 2. The highest BCUT2D eigenvalue weighted by atomic mass is 16.5. The van der Waals surface area contributed by atoms with E-state index in [9.17, 15) is 14.4 Å². The zero-order valence-electron chi connectivity index (χ0n) is 27.4. The quantitative estimate of drug-likeness (QED) is 0.256. The number of hydrogen-bond donors (Lipinski definition) is 2. The molecule has 3 atom stereocenters. The van der Waals surface area contributed by atoms with Crippen molar-refractivity contribution in [3.63, 3.8) is 0 Å². The van der Waals surface area contributed by atoms with E-state index in [0.717, 1.165) is 37.9 Å². The van der Waals surface area contributed by atoms with Crippen molar-refractivity contribution in [2.45, 2.75) is 64.6 Å². The zero-order chi connectivity index (χ0) is 32.3. The Kier molecular flexibility index (Phi) is 12.6. The van der Waals surface area contributed by atoms with E-state index in [-0.39, 0.29) is 54.1 Å². The van der Waals surface area contributed by atoms with Crippen molar-refractivity contribution in [3.8, 4) is 11.5 Å². The molecular weight excluding hydrogens is 572 g/mol. The molecule has 1 aliphatic heterocycles. The summed E-state index contributed by atoms with van der Waals surface area (Å²) in [5.41, 5.74) is 1.47. The molecule has 1 saturated carbocycles. The molecule has 1 heterocycles. The smallest absolute Gasteiger partial charge is 0.254 e. The highest BCUT2D eigenvalue weighted by Gasteiger charge is 2.39. The first kappa shape index (κ1) is 34.2. The van der Waals surface area contributed by atoms with Crippen molar-refractivity contribution < 1.29 is 28.6 Å². The van der Waals surface area contributed by atoms with E-state index >= 15 is 0 Å². The lowest BCUT2D eigenvalue weighted by molar-refractivity contribution is -0.133. The van der Waals surface area contributed by atoms with Gasteiger partial charge in [-0.2, -0.15) is 0 Å². The van der Waals surface area contributed by atoms with Gasteiger partial charge in [-0.3, -0.25) is 14.4 Å². The molecule has 10 heteroatoms. The summed E-state index contributed by atoms with van der Waals surface area (Å²) >= 11 is 0. The van der Waals surface area contributed by atoms with Crippen LogP contribution in [0.4, 0.5) is 0 Å². The predicted molar refractivity (Wildman–Crippen MR) is 173 cm³/mol. The number of carbonyl (C=O) groups is 3. The number of carbonyl (C=O) groups excluding carboxylic acids is 3. The Labute approximate surface area is 267 Å². The van der Waals surface area contributed by atoms with Crippen LogP contribution in [0.2, 0.25) is 0 Å². The summed E-state index contributed by atoms with van der Waals surface area (Å²) < 4.78 is 16.5. The molecule has 0 radical (unpaired) electrons. The van der Waals surface area contributed by atoms with Crippen LogP contribution in [0.1, 0.15) is 68.4 Å². The monoisotopic (exact) mass is 622 g/mol. The number of hydrogen-bond acceptors (Lipinski definition) is 7. The van der Waals surface area contributed by atoms with Crippen molar-refractivity contribution in [2.75, 3.05) is 53.6 Å².